The van der Waals surface area contributed by atoms with E-state index in [9.17, 15) is 9.59 Å². The van der Waals surface area contributed by atoms with E-state index in [0.717, 1.165) is 10.0 Å². The van der Waals surface area contributed by atoms with Crippen LogP contribution in [0.15, 0.2) is 46.9 Å². The molecule has 1 aliphatic heterocycles. The van der Waals surface area contributed by atoms with Crippen molar-refractivity contribution in [3.8, 4) is 11.5 Å². The van der Waals surface area contributed by atoms with Crippen LogP contribution < -0.4 is 20.1 Å². The maximum Gasteiger partial charge on any atom is 0.251 e. The van der Waals surface area contributed by atoms with E-state index in [4.69, 9.17) is 9.47 Å². The summed E-state index contributed by atoms with van der Waals surface area (Å²) in [7, 11) is 0. The summed E-state index contributed by atoms with van der Waals surface area (Å²) >= 11 is 3.53. The van der Waals surface area contributed by atoms with Crippen LogP contribution in [-0.4, -0.2) is 31.6 Å². The van der Waals surface area contributed by atoms with Gasteiger partial charge >= 0.3 is 0 Å². The predicted octanol–water partition coefficient (Wildman–Crippen LogP) is 3.61. The molecule has 148 valence electrons. The standard InChI is InChI=1S/C21H23BrN2O4/c1-14(16-12-18-19(13-17(16)22)28-11-10-27-18)24-20(25)8-5-9-23-21(26)15-6-3-2-4-7-15/h2-4,6-7,12-14H,5,8-11H2,1H3,(H,23,26)(H,24,25). The van der Waals surface area contributed by atoms with Gasteiger partial charge in [-0.05, 0) is 43.2 Å². The summed E-state index contributed by atoms with van der Waals surface area (Å²) in [5.74, 6) is 1.20. The number of halogens is 1. The molecule has 2 aromatic rings. The molecule has 2 aromatic carbocycles. The van der Waals surface area contributed by atoms with Crippen molar-refractivity contribution < 1.29 is 19.1 Å². The average Bonchev–Trinajstić information content (AvgIpc) is 2.71. The Morgan fingerprint density at radius 1 is 1.11 bits per heavy atom. The maximum absolute atomic E-state index is 12.2. The molecule has 0 bridgehead atoms. The molecule has 1 atom stereocenters. The smallest absolute Gasteiger partial charge is 0.251 e. The highest BCUT2D eigenvalue weighted by atomic mass is 79.9. The Hall–Kier alpha value is -2.54. The number of carbonyl (C=O) groups excluding carboxylic acids is 2. The van der Waals surface area contributed by atoms with Gasteiger partial charge in [-0.1, -0.05) is 34.1 Å². The number of ether oxygens (including phenoxy) is 2. The molecule has 0 saturated heterocycles. The highest BCUT2D eigenvalue weighted by molar-refractivity contribution is 9.10. The zero-order valence-electron chi connectivity index (χ0n) is 15.7. The minimum absolute atomic E-state index is 0.0664. The van der Waals surface area contributed by atoms with Crippen LogP contribution in [0.25, 0.3) is 0 Å². The van der Waals surface area contributed by atoms with Gasteiger partial charge in [0.05, 0.1) is 6.04 Å². The molecule has 0 aliphatic carbocycles. The van der Waals surface area contributed by atoms with Gasteiger partial charge in [-0.15, -0.1) is 0 Å². The average molecular weight is 447 g/mol. The number of benzene rings is 2. The van der Waals surface area contributed by atoms with E-state index in [1.165, 1.54) is 0 Å². The normalized spacial score (nSPS) is 13.5. The molecular weight excluding hydrogens is 424 g/mol. The van der Waals surface area contributed by atoms with E-state index in [2.05, 4.69) is 26.6 Å². The first-order valence-corrected chi connectivity index (χ1v) is 10.1. The number of carbonyl (C=O) groups is 2. The molecule has 1 unspecified atom stereocenters. The van der Waals surface area contributed by atoms with E-state index >= 15 is 0 Å². The summed E-state index contributed by atoms with van der Waals surface area (Å²) < 4.78 is 12.0. The van der Waals surface area contributed by atoms with Crippen LogP contribution in [0, 0.1) is 0 Å². The van der Waals surface area contributed by atoms with Crippen molar-refractivity contribution in [2.45, 2.75) is 25.8 Å². The van der Waals surface area contributed by atoms with Crippen LogP contribution in [0.4, 0.5) is 0 Å². The second kappa shape index (κ2) is 9.59. The van der Waals surface area contributed by atoms with Crippen molar-refractivity contribution in [2.75, 3.05) is 19.8 Å². The fourth-order valence-corrected chi connectivity index (χ4v) is 3.61. The number of hydrogen-bond donors (Lipinski definition) is 2. The number of hydrogen-bond acceptors (Lipinski definition) is 4. The fourth-order valence-electron chi connectivity index (χ4n) is 2.95. The zero-order valence-corrected chi connectivity index (χ0v) is 17.3. The molecule has 0 saturated carbocycles. The van der Waals surface area contributed by atoms with Gasteiger partial charge in [0.15, 0.2) is 11.5 Å². The van der Waals surface area contributed by atoms with Crippen molar-refractivity contribution >= 4 is 27.7 Å². The van der Waals surface area contributed by atoms with Gasteiger partial charge in [-0.2, -0.15) is 0 Å². The van der Waals surface area contributed by atoms with Gasteiger partial charge in [-0.25, -0.2) is 0 Å². The van der Waals surface area contributed by atoms with E-state index in [0.29, 0.717) is 49.7 Å². The number of rotatable bonds is 7. The topological polar surface area (TPSA) is 76.7 Å². The van der Waals surface area contributed by atoms with Gasteiger partial charge in [0, 0.05) is 23.0 Å². The molecular formula is C21H23BrN2O4. The summed E-state index contributed by atoms with van der Waals surface area (Å²) in [6.45, 7) is 3.42. The molecule has 2 N–H and O–H groups in total. The summed E-state index contributed by atoms with van der Waals surface area (Å²) in [6, 6.07) is 12.6. The minimum atomic E-state index is -0.184. The first kappa shape index (κ1) is 20.2. The van der Waals surface area contributed by atoms with Crippen LogP contribution in [0.1, 0.15) is 41.7 Å². The number of amides is 2. The van der Waals surface area contributed by atoms with Crippen molar-refractivity contribution in [1.82, 2.24) is 10.6 Å². The third-order valence-electron chi connectivity index (χ3n) is 4.41. The lowest BCUT2D eigenvalue weighted by atomic mass is 10.1. The summed E-state index contributed by atoms with van der Waals surface area (Å²) in [4.78, 5) is 24.2. The molecule has 0 aromatic heterocycles. The first-order valence-electron chi connectivity index (χ1n) is 9.26. The van der Waals surface area contributed by atoms with Crippen molar-refractivity contribution in [3.63, 3.8) is 0 Å². The maximum atomic E-state index is 12.2. The van der Waals surface area contributed by atoms with E-state index < -0.39 is 0 Å². The number of fused-ring (bicyclic) bond motifs is 1. The van der Waals surface area contributed by atoms with E-state index in [1.54, 1.807) is 12.1 Å². The van der Waals surface area contributed by atoms with Gasteiger partial charge in [0.25, 0.3) is 5.91 Å². The van der Waals surface area contributed by atoms with Crippen LogP contribution >= 0.6 is 15.9 Å². The van der Waals surface area contributed by atoms with E-state index in [-0.39, 0.29) is 17.9 Å². The predicted molar refractivity (Wildman–Crippen MR) is 110 cm³/mol. The monoisotopic (exact) mass is 446 g/mol. The Morgan fingerprint density at radius 2 is 1.79 bits per heavy atom. The SMILES string of the molecule is CC(NC(=O)CCCNC(=O)c1ccccc1)c1cc2c(cc1Br)OCCO2. The van der Waals surface area contributed by atoms with Gasteiger partial charge < -0.3 is 20.1 Å². The highest BCUT2D eigenvalue weighted by Gasteiger charge is 2.19. The molecule has 0 radical (unpaired) electrons. The Bertz CT molecular complexity index is 842. The summed E-state index contributed by atoms with van der Waals surface area (Å²) in [6.07, 6.45) is 0.904. The van der Waals surface area contributed by atoms with Crippen LogP contribution in [0.2, 0.25) is 0 Å². The van der Waals surface area contributed by atoms with Gasteiger partial charge in [0.2, 0.25) is 5.91 Å². The third kappa shape index (κ3) is 5.25. The molecule has 0 spiro atoms. The summed E-state index contributed by atoms with van der Waals surface area (Å²) in [5, 5.41) is 5.81. The second-order valence-corrected chi connectivity index (χ2v) is 7.39. The molecule has 0 fully saturated rings. The third-order valence-corrected chi connectivity index (χ3v) is 5.09. The van der Waals surface area contributed by atoms with Gasteiger partial charge in [0.1, 0.15) is 13.2 Å². The lowest BCUT2D eigenvalue weighted by molar-refractivity contribution is -0.121. The van der Waals surface area contributed by atoms with E-state index in [1.807, 2.05) is 37.3 Å². The Labute approximate surface area is 172 Å². The molecule has 7 heteroatoms. The molecule has 28 heavy (non-hydrogen) atoms. The largest absolute Gasteiger partial charge is 0.486 e. The number of nitrogens with one attached hydrogen (secondary N) is 2. The van der Waals surface area contributed by atoms with Crippen molar-refractivity contribution in [2.24, 2.45) is 0 Å². The van der Waals surface area contributed by atoms with Crippen LogP contribution in [0.5, 0.6) is 11.5 Å². The fraction of sp³-hybridized carbons (Fsp3) is 0.333. The van der Waals surface area contributed by atoms with Crippen molar-refractivity contribution in [1.29, 1.82) is 0 Å². The molecule has 6 nitrogen and oxygen atoms in total. The Balaban J connectivity index is 1.45. The molecule has 1 heterocycles. The second-order valence-electron chi connectivity index (χ2n) is 6.53. The quantitative estimate of drug-likeness (QED) is 0.636. The zero-order chi connectivity index (χ0) is 19.9. The molecule has 2 amide bonds. The highest BCUT2D eigenvalue weighted by Crippen LogP contribution is 2.37. The minimum Gasteiger partial charge on any atom is -0.486 e. The lowest BCUT2D eigenvalue weighted by Gasteiger charge is -2.22. The Morgan fingerprint density at radius 3 is 2.50 bits per heavy atom. The first-order chi connectivity index (χ1) is 13.5. The van der Waals surface area contributed by atoms with Crippen LogP contribution in [-0.2, 0) is 4.79 Å². The van der Waals surface area contributed by atoms with Crippen molar-refractivity contribution in [3.05, 3.63) is 58.1 Å². The van der Waals surface area contributed by atoms with Crippen LogP contribution in [0.3, 0.4) is 0 Å². The lowest BCUT2D eigenvalue weighted by Crippen LogP contribution is -2.29. The van der Waals surface area contributed by atoms with Gasteiger partial charge in [-0.3, -0.25) is 9.59 Å². The summed E-state index contributed by atoms with van der Waals surface area (Å²) in [5.41, 5.74) is 1.54. The Kier molecular flexibility index (Phi) is 6.92. The molecule has 3 rings (SSSR count). The molecule has 1 aliphatic rings.